The number of amides is 1. The van der Waals surface area contributed by atoms with Gasteiger partial charge in [-0.05, 0) is 18.4 Å². The predicted molar refractivity (Wildman–Crippen MR) is 77.8 cm³/mol. The fourth-order valence-electron chi connectivity index (χ4n) is 1.98. The second-order valence-corrected chi connectivity index (χ2v) is 4.87. The van der Waals surface area contributed by atoms with Crippen LogP contribution in [0.25, 0.3) is 0 Å². The van der Waals surface area contributed by atoms with Crippen LogP contribution in [0.1, 0.15) is 17.5 Å². The van der Waals surface area contributed by atoms with E-state index in [2.05, 4.69) is 10.4 Å². The Labute approximate surface area is 118 Å². The number of carbonyl (C=O) groups is 1. The summed E-state index contributed by atoms with van der Waals surface area (Å²) in [5.41, 5.74) is 8.07. The first kappa shape index (κ1) is 14.3. The van der Waals surface area contributed by atoms with Crippen LogP contribution in [0, 0.1) is 0 Å². The van der Waals surface area contributed by atoms with E-state index in [1.807, 2.05) is 43.6 Å². The minimum atomic E-state index is -0.480. The highest BCUT2D eigenvalue weighted by Gasteiger charge is 2.13. The van der Waals surface area contributed by atoms with Crippen LogP contribution in [0.3, 0.4) is 0 Å². The zero-order valence-corrected chi connectivity index (χ0v) is 11.6. The highest BCUT2D eigenvalue weighted by atomic mass is 16.2. The number of benzene rings is 1. The van der Waals surface area contributed by atoms with Gasteiger partial charge >= 0.3 is 0 Å². The number of nitrogens with zero attached hydrogens (tertiary/aromatic N) is 2. The van der Waals surface area contributed by atoms with Crippen molar-refractivity contribution in [1.82, 2.24) is 15.1 Å². The predicted octanol–water partition coefficient (Wildman–Crippen LogP) is 0.996. The van der Waals surface area contributed by atoms with Crippen molar-refractivity contribution in [3.63, 3.8) is 0 Å². The van der Waals surface area contributed by atoms with Gasteiger partial charge < -0.3 is 11.1 Å². The molecule has 1 aromatic heterocycles. The van der Waals surface area contributed by atoms with E-state index in [0.717, 1.165) is 12.0 Å². The number of aryl methyl sites for hydroxylation is 2. The zero-order valence-electron chi connectivity index (χ0n) is 11.6. The molecule has 1 heterocycles. The molecule has 2 rings (SSSR count). The van der Waals surface area contributed by atoms with Crippen molar-refractivity contribution in [2.24, 2.45) is 12.8 Å². The van der Waals surface area contributed by atoms with E-state index in [-0.39, 0.29) is 5.91 Å². The summed E-state index contributed by atoms with van der Waals surface area (Å²) in [4.78, 5) is 11.9. The molecule has 0 unspecified atom stereocenters. The number of rotatable bonds is 6. The third-order valence-corrected chi connectivity index (χ3v) is 3.15. The van der Waals surface area contributed by atoms with E-state index >= 15 is 0 Å². The maximum absolute atomic E-state index is 11.9. The van der Waals surface area contributed by atoms with Gasteiger partial charge in [0.25, 0.3) is 0 Å². The maximum Gasteiger partial charge on any atom is 0.237 e. The molecule has 1 amide bonds. The molecule has 20 heavy (non-hydrogen) atoms. The summed E-state index contributed by atoms with van der Waals surface area (Å²) < 4.78 is 1.71. The highest BCUT2D eigenvalue weighted by molar-refractivity contribution is 5.81. The average Bonchev–Trinajstić information content (AvgIpc) is 2.89. The molecule has 5 heteroatoms. The molecule has 0 aliphatic heterocycles. The molecule has 3 N–H and O–H groups in total. The second kappa shape index (κ2) is 6.86. The molecule has 0 radical (unpaired) electrons. The SMILES string of the molecule is Cn1cc(CNC(=O)[C@@H](N)CCc2ccccc2)cn1. The number of aromatic nitrogens is 2. The van der Waals surface area contributed by atoms with Gasteiger partial charge in [-0.3, -0.25) is 9.48 Å². The Balaban J connectivity index is 1.74. The zero-order chi connectivity index (χ0) is 14.4. The van der Waals surface area contributed by atoms with Gasteiger partial charge in [-0.2, -0.15) is 5.10 Å². The normalized spacial score (nSPS) is 12.1. The lowest BCUT2D eigenvalue weighted by Crippen LogP contribution is -2.40. The van der Waals surface area contributed by atoms with Crippen LogP contribution in [0.4, 0.5) is 0 Å². The van der Waals surface area contributed by atoms with Gasteiger partial charge in [0.2, 0.25) is 5.91 Å². The summed E-state index contributed by atoms with van der Waals surface area (Å²) >= 11 is 0. The number of nitrogens with one attached hydrogen (secondary N) is 1. The lowest BCUT2D eigenvalue weighted by Gasteiger charge is -2.11. The number of hydrogen-bond donors (Lipinski definition) is 2. The summed E-state index contributed by atoms with van der Waals surface area (Å²) in [6.07, 6.45) is 5.05. The van der Waals surface area contributed by atoms with Crippen molar-refractivity contribution in [3.8, 4) is 0 Å². The Kier molecular flexibility index (Phi) is 4.90. The molecule has 0 saturated carbocycles. The minimum Gasteiger partial charge on any atom is -0.351 e. The van der Waals surface area contributed by atoms with Gasteiger partial charge in [-0.1, -0.05) is 30.3 Å². The third kappa shape index (κ3) is 4.20. The molecule has 5 nitrogen and oxygen atoms in total. The van der Waals surface area contributed by atoms with Crippen LogP contribution >= 0.6 is 0 Å². The highest BCUT2D eigenvalue weighted by Crippen LogP contribution is 2.04. The fourth-order valence-corrected chi connectivity index (χ4v) is 1.98. The average molecular weight is 272 g/mol. The Bertz CT molecular complexity index is 550. The van der Waals surface area contributed by atoms with E-state index in [1.54, 1.807) is 10.9 Å². The van der Waals surface area contributed by atoms with Crippen molar-refractivity contribution in [2.75, 3.05) is 0 Å². The first-order valence-electron chi connectivity index (χ1n) is 6.70. The minimum absolute atomic E-state index is 0.121. The van der Waals surface area contributed by atoms with E-state index in [4.69, 9.17) is 5.73 Å². The molecule has 0 saturated heterocycles. The maximum atomic E-state index is 11.9. The largest absolute Gasteiger partial charge is 0.351 e. The Morgan fingerprint density at radius 1 is 1.35 bits per heavy atom. The molecule has 0 aliphatic carbocycles. The molecule has 1 aromatic carbocycles. The van der Waals surface area contributed by atoms with Crippen molar-refractivity contribution in [3.05, 3.63) is 53.9 Å². The Morgan fingerprint density at radius 2 is 2.10 bits per heavy atom. The Hall–Kier alpha value is -2.14. The first-order chi connectivity index (χ1) is 9.65. The molecule has 0 fully saturated rings. The van der Waals surface area contributed by atoms with Crippen LogP contribution in [0.2, 0.25) is 0 Å². The van der Waals surface area contributed by atoms with Gasteiger partial charge in [0.15, 0.2) is 0 Å². The summed E-state index contributed by atoms with van der Waals surface area (Å²) in [6.45, 7) is 0.464. The molecular weight excluding hydrogens is 252 g/mol. The van der Waals surface area contributed by atoms with Crippen molar-refractivity contribution in [1.29, 1.82) is 0 Å². The molecule has 106 valence electrons. The topological polar surface area (TPSA) is 72.9 Å². The quantitative estimate of drug-likeness (QED) is 0.824. The number of nitrogens with two attached hydrogens (primary N) is 1. The fraction of sp³-hybridized carbons (Fsp3) is 0.333. The van der Waals surface area contributed by atoms with Crippen LogP contribution in [0.5, 0.6) is 0 Å². The van der Waals surface area contributed by atoms with E-state index < -0.39 is 6.04 Å². The van der Waals surface area contributed by atoms with Gasteiger partial charge in [-0.15, -0.1) is 0 Å². The number of carbonyl (C=O) groups excluding carboxylic acids is 1. The second-order valence-electron chi connectivity index (χ2n) is 4.87. The monoisotopic (exact) mass is 272 g/mol. The summed E-state index contributed by atoms with van der Waals surface area (Å²) in [5.74, 6) is -0.121. The first-order valence-corrected chi connectivity index (χ1v) is 6.70. The van der Waals surface area contributed by atoms with E-state index in [0.29, 0.717) is 13.0 Å². The van der Waals surface area contributed by atoms with E-state index in [1.165, 1.54) is 5.56 Å². The van der Waals surface area contributed by atoms with Crippen LogP contribution in [-0.2, 0) is 24.8 Å². The van der Waals surface area contributed by atoms with Gasteiger partial charge in [-0.25, -0.2) is 0 Å². The lowest BCUT2D eigenvalue weighted by atomic mass is 10.1. The van der Waals surface area contributed by atoms with Gasteiger partial charge in [0.05, 0.1) is 12.2 Å². The molecule has 0 bridgehead atoms. The standard InChI is InChI=1S/C15H20N4O/c1-19-11-13(10-18-19)9-17-15(20)14(16)8-7-12-5-3-2-4-6-12/h2-6,10-11,14H,7-9,16H2,1H3,(H,17,20)/t14-/m0/s1. The Morgan fingerprint density at radius 3 is 2.75 bits per heavy atom. The van der Waals surface area contributed by atoms with Crippen molar-refractivity contribution >= 4 is 5.91 Å². The van der Waals surface area contributed by atoms with Crippen LogP contribution in [-0.4, -0.2) is 21.7 Å². The molecule has 0 aliphatic rings. The van der Waals surface area contributed by atoms with Crippen LogP contribution < -0.4 is 11.1 Å². The summed E-state index contributed by atoms with van der Waals surface area (Å²) in [7, 11) is 1.84. The van der Waals surface area contributed by atoms with Crippen molar-refractivity contribution < 1.29 is 4.79 Å². The molecule has 0 spiro atoms. The molecular formula is C15H20N4O. The molecule has 2 aromatic rings. The summed E-state index contributed by atoms with van der Waals surface area (Å²) in [6, 6.07) is 9.56. The van der Waals surface area contributed by atoms with Gasteiger partial charge in [0.1, 0.15) is 0 Å². The van der Waals surface area contributed by atoms with Crippen molar-refractivity contribution in [2.45, 2.75) is 25.4 Å². The van der Waals surface area contributed by atoms with Gasteiger partial charge in [0, 0.05) is 25.4 Å². The number of hydrogen-bond acceptors (Lipinski definition) is 3. The smallest absolute Gasteiger partial charge is 0.237 e. The van der Waals surface area contributed by atoms with Crippen LogP contribution in [0.15, 0.2) is 42.7 Å². The van der Waals surface area contributed by atoms with E-state index in [9.17, 15) is 4.79 Å². The third-order valence-electron chi connectivity index (χ3n) is 3.15. The molecule has 1 atom stereocenters. The summed E-state index contributed by atoms with van der Waals surface area (Å²) in [5, 5.41) is 6.88. The lowest BCUT2D eigenvalue weighted by molar-refractivity contribution is -0.122.